The Kier molecular flexibility index (Phi) is 1.31. The van der Waals surface area contributed by atoms with Crippen LogP contribution in [0.4, 0.5) is 0 Å². The molecule has 0 spiro atoms. The SMILES string of the molecule is CC[C@@H](N)C1(C)CC1. The van der Waals surface area contributed by atoms with Gasteiger partial charge in [0.2, 0.25) is 0 Å². The van der Waals surface area contributed by atoms with E-state index in [0.29, 0.717) is 11.5 Å². The molecule has 0 aromatic carbocycles. The van der Waals surface area contributed by atoms with E-state index in [2.05, 4.69) is 13.8 Å². The molecule has 0 radical (unpaired) electrons. The van der Waals surface area contributed by atoms with Gasteiger partial charge in [0.1, 0.15) is 0 Å². The summed E-state index contributed by atoms with van der Waals surface area (Å²) in [6.07, 6.45) is 3.83. The van der Waals surface area contributed by atoms with Gasteiger partial charge in [0, 0.05) is 6.04 Å². The first-order chi connectivity index (χ1) is 3.69. The molecule has 0 saturated heterocycles. The lowest BCUT2D eigenvalue weighted by Gasteiger charge is -2.15. The molecule has 48 valence electrons. The highest BCUT2D eigenvalue weighted by Gasteiger charge is 2.41. The van der Waals surface area contributed by atoms with Crippen LogP contribution < -0.4 is 5.73 Å². The molecule has 1 rings (SSSR count). The lowest BCUT2D eigenvalue weighted by Crippen LogP contribution is -2.28. The van der Waals surface area contributed by atoms with Crippen LogP contribution in [-0.2, 0) is 0 Å². The monoisotopic (exact) mass is 113 g/mol. The summed E-state index contributed by atoms with van der Waals surface area (Å²) in [4.78, 5) is 0. The minimum absolute atomic E-state index is 0.461. The first-order valence-corrected chi connectivity index (χ1v) is 3.44. The Balaban J connectivity index is 2.34. The quantitative estimate of drug-likeness (QED) is 0.577. The van der Waals surface area contributed by atoms with Crippen LogP contribution in [0.15, 0.2) is 0 Å². The Bertz CT molecular complexity index is 84.4. The molecule has 0 aromatic heterocycles. The molecular formula is C7H15N. The molecule has 0 amide bonds. The van der Waals surface area contributed by atoms with Gasteiger partial charge in [-0.15, -0.1) is 0 Å². The number of hydrogen-bond acceptors (Lipinski definition) is 1. The number of rotatable bonds is 2. The van der Waals surface area contributed by atoms with Gasteiger partial charge in [-0.3, -0.25) is 0 Å². The summed E-state index contributed by atoms with van der Waals surface area (Å²) in [5.74, 6) is 0. The average molecular weight is 113 g/mol. The van der Waals surface area contributed by atoms with Crippen LogP contribution in [0.5, 0.6) is 0 Å². The molecular weight excluding hydrogens is 98.1 g/mol. The molecule has 0 aliphatic heterocycles. The van der Waals surface area contributed by atoms with Crippen LogP contribution >= 0.6 is 0 Å². The predicted molar refractivity (Wildman–Crippen MR) is 35.6 cm³/mol. The maximum atomic E-state index is 5.81. The highest BCUT2D eigenvalue weighted by atomic mass is 14.7. The first kappa shape index (κ1) is 6.09. The molecule has 1 atom stereocenters. The number of hydrogen-bond donors (Lipinski definition) is 1. The van der Waals surface area contributed by atoms with Gasteiger partial charge in [0.05, 0.1) is 0 Å². The van der Waals surface area contributed by atoms with Gasteiger partial charge in [-0.25, -0.2) is 0 Å². The summed E-state index contributed by atoms with van der Waals surface area (Å²) in [7, 11) is 0. The lowest BCUT2D eigenvalue weighted by atomic mass is 9.98. The zero-order valence-corrected chi connectivity index (χ0v) is 5.78. The summed E-state index contributed by atoms with van der Waals surface area (Å²) in [6, 6.07) is 0.461. The van der Waals surface area contributed by atoms with Gasteiger partial charge >= 0.3 is 0 Å². The molecule has 1 nitrogen and oxygen atoms in total. The minimum atomic E-state index is 0.461. The van der Waals surface area contributed by atoms with Gasteiger partial charge < -0.3 is 5.73 Å². The van der Waals surface area contributed by atoms with Crippen molar-refractivity contribution in [1.29, 1.82) is 0 Å². The van der Waals surface area contributed by atoms with Crippen LogP contribution in [-0.4, -0.2) is 6.04 Å². The normalized spacial score (nSPS) is 27.4. The fourth-order valence-corrected chi connectivity index (χ4v) is 1.06. The fourth-order valence-electron chi connectivity index (χ4n) is 1.06. The van der Waals surface area contributed by atoms with Crippen molar-refractivity contribution in [3.05, 3.63) is 0 Å². The van der Waals surface area contributed by atoms with Crippen LogP contribution in [0.2, 0.25) is 0 Å². The molecule has 2 N–H and O–H groups in total. The Labute approximate surface area is 51.3 Å². The smallest absolute Gasteiger partial charge is 0.00903 e. The maximum Gasteiger partial charge on any atom is 0.00903 e. The third-order valence-corrected chi connectivity index (χ3v) is 2.37. The van der Waals surface area contributed by atoms with Gasteiger partial charge in [-0.1, -0.05) is 13.8 Å². The summed E-state index contributed by atoms with van der Waals surface area (Å²) >= 11 is 0. The van der Waals surface area contributed by atoms with Crippen molar-refractivity contribution < 1.29 is 0 Å². The summed E-state index contributed by atoms with van der Waals surface area (Å²) in [6.45, 7) is 4.44. The van der Waals surface area contributed by atoms with Crippen molar-refractivity contribution in [2.45, 2.75) is 39.2 Å². The Morgan fingerprint density at radius 1 is 1.62 bits per heavy atom. The Morgan fingerprint density at radius 2 is 2.12 bits per heavy atom. The van der Waals surface area contributed by atoms with E-state index in [1.807, 2.05) is 0 Å². The first-order valence-electron chi connectivity index (χ1n) is 3.44. The molecule has 1 heteroatoms. The largest absolute Gasteiger partial charge is 0.327 e. The average Bonchev–Trinajstić information content (AvgIpc) is 2.47. The van der Waals surface area contributed by atoms with Gasteiger partial charge in [0.15, 0.2) is 0 Å². The summed E-state index contributed by atoms with van der Waals surface area (Å²) in [5, 5.41) is 0. The topological polar surface area (TPSA) is 26.0 Å². The standard InChI is InChI=1S/C7H15N/c1-3-6(8)7(2)4-5-7/h6H,3-5,8H2,1-2H3/t6-/m1/s1. The molecule has 0 bridgehead atoms. The third-order valence-electron chi connectivity index (χ3n) is 2.37. The van der Waals surface area contributed by atoms with E-state index in [-0.39, 0.29) is 0 Å². The van der Waals surface area contributed by atoms with Crippen LogP contribution in [0.1, 0.15) is 33.1 Å². The zero-order chi connectivity index (χ0) is 6.20. The summed E-state index contributed by atoms with van der Waals surface area (Å²) < 4.78 is 0. The van der Waals surface area contributed by atoms with E-state index in [1.165, 1.54) is 12.8 Å². The second-order valence-electron chi connectivity index (χ2n) is 3.17. The Hall–Kier alpha value is -0.0400. The van der Waals surface area contributed by atoms with Crippen molar-refractivity contribution in [2.75, 3.05) is 0 Å². The molecule has 0 unspecified atom stereocenters. The molecule has 1 saturated carbocycles. The zero-order valence-electron chi connectivity index (χ0n) is 5.78. The minimum Gasteiger partial charge on any atom is -0.327 e. The molecule has 1 aliphatic rings. The van der Waals surface area contributed by atoms with Crippen molar-refractivity contribution in [3.63, 3.8) is 0 Å². The van der Waals surface area contributed by atoms with Gasteiger partial charge in [0.25, 0.3) is 0 Å². The van der Waals surface area contributed by atoms with E-state index in [4.69, 9.17) is 5.73 Å². The van der Waals surface area contributed by atoms with Gasteiger partial charge in [-0.2, -0.15) is 0 Å². The molecule has 0 aromatic rings. The Morgan fingerprint density at radius 3 is 2.25 bits per heavy atom. The number of nitrogens with two attached hydrogens (primary N) is 1. The van der Waals surface area contributed by atoms with E-state index in [9.17, 15) is 0 Å². The maximum absolute atomic E-state index is 5.81. The van der Waals surface area contributed by atoms with Crippen molar-refractivity contribution in [2.24, 2.45) is 11.1 Å². The van der Waals surface area contributed by atoms with Crippen molar-refractivity contribution >= 4 is 0 Å². The van der Waals surface area contributed by atoms with E-state index < -0.39 is 0 Å². The highest BCUT2D eigenvalue weighted by Crippen LogP contribution is 2.47. The van der Waals surface area contributed by atoms with Crippen LogP contribution in [0.3, 0.4) is 0 Å². The molecule has 0 heterocycles. The highest BCUT2D eigenvalue weighted by molar-refractivity contribution is 4.96. The fraction of sp³-hybridized carbons (Fsp3) is 1.00. The lowest BCUT2D eigenvalue weighted by molar-refractivity contribution is 0.425. The van der Waals surface area contributed by atoms with Gasteiger partial charge in [-0.05, 0) is 24.7 Å². The van der Waals surface area contributed by atoms with Crippen LogP contribution in [0, 0.1) is 5.41 Å². The second kappa shape index (κ2) is 1.73. The third kappa shape index (κ3) is 0.873. The molecule has 8 heavy (non-hydrogen) atoms. The molecule has 1 fully saturated rings. The van der Waals surface area contributed by atoms with Crippen molar-refractivity contribution in [1.82, 2.24) is 0 Å². The van der Waals surface area contributed by atoms with Crippen molar-refractivity contribution in [3.8, 4) is 0 Å². The summed E-state index contributed by atoms with van der Waals surface area (Å²) in [5.41, 5.74) is 6.35. The predicted octanol–water partition coefficient (Wildman–Crippen LogP) is 1.52. The van der Waals surface area contributed by atoms with E-state index in [0.717, 1.165) is 6.42 Å². The van der Waals surface area contributed by atoms with E-state index >= 15 is 0 Å². The molecule has 1 aliphatic carbocycles. The van der Waals surface area contributed by atoms with Crippen LogP contribution in [0.25, 0.3) is 0 Å². The second-order valence-corrected chi connectivity index (χ2v) is 3.17. The van der Waals surface area contributed by atoms with E-state index in [1.54, 1.807) is 0 Å².